The summed E-state index contributed by atoms with van der Waals surface area (Å²) in [7, 11) is 0. The number of aromatic amines is 1. The summed E-state index contributed by atoms with van der Waals surface area (Å²) in [4.78, 5) is 15.5. The maximum atomic E-state index is 12.3. The van der Waals surface area contributed by atoms with E-state index in [-0.39, 0.29) is 11.7 Å². The van der Waals surface area contributed by atoms with E-state index in [2.05, 4.69) is 11.1 Å². The first-order chi connectivity index (χ1) is 8.58. The first-order valence-electron chi connectivity index (χ1n) is 6.17. The number of hydrogen-bond donors (Lipinski definition) is 1. The van der Waals surface area contributed by atoms with Gasteiger partial charge in [-0.15, -0.1) is 0 Å². The molecule has 0 aliphatic heterocycles. The first-order valence-corrected chi connectivity index (χ1v) is 6.17. The molecule has 0 aliphatic carbocycles. The largest absolute Gasteiger partial charge is 0.358 e. The van der Waals surface area contributed by atoms with E-state index in [0.717, 1.165) is 28.6 Å². The second kappa shape index (κ2) is 4.66. The fourth-order valence-electron chi connectivity index (χ4n) is 2.16. The minimum absolute atomic E-state index is 0.0232. The summed E-state index contributed by atoms with van der Waals surface area (Å²) in [5, 5.41) is 9.82. The zero-order valence-corrected chi connectivity index (χ0v) is 10.9. The van der Waals surface area contributed by atoms with Crippen molar-refractivity contribution < 1.29 is 4.79 Å². The lowest BCUT2D eigenvalue weighted by atomic mass is 9.97. The third-order valence-corrected chi connectivity index (χ3v) is 3.13. The molecule has 0 saturated carbocycles. The Balaban J connectivity index is 2.71. The molecule has 18 heavy (non-hydrogen) atoms. The third kappa shape index (κ3) is 1.91. The van der Waals surface area contributed by atoms with Crippen molar-refractivity contribution in [2.45, 2.75) is 27.2 Å². The van der Waals surface area contributed by atoms with Crippen molar-refractivity contribution in [3.8, 4) is 6.07 Å². The van der Waals surface area contributed by atoms with Gasteiger partial charge in [0, 0.05) is 28.1 Å². The van der Waals surface area contributed by atoms with Gasteiger partial charge >= 0.3 is 0 Å². The van der Waals surface area contributed by atoms with Crippen molar-refractivity contribution in [3.05, 3.63) is 35.0 Å². The lowest BCUT2D eigenvalue weighted by Crippen LogP contribution is -2.09. The van der Waals surface area contributed by atoms with Crippen LogP contribution in [0, 0.1) is 17.2 Å². The van der Waals surface area contributed by atoms with E-state index >= 15 is 0 Å². The molecule has 3 heteroatoms. The molecule has 0 saturated heterocycles. The molecule has 0 bridgehead atoms. The van der Waals surface area contributed by atoms with E-state index in [9.17, 15) is 4.79 Å². The average molecular weight is 240 g/mol. The number of nitriles is 1. The van der Waals surface area contributed by atoms with Crippen LogP contribution in [-0.4, -0.2) is 10.8 Å². The second-order valence-electron chi connectivity index (χ2n) is 4.72. The van der Waals surface area contributed by atoms with E-state index in [1.165, 1.54) is 0 Å². The van der Waals surface area contributed by atoms with Gasteiger partial charge in [0.1, 0.15) is 0 Å². The van der Waals surface area contributed by atoms with Gasteiger partial charge < -0.3 is 4.98 Å². The molecule has 0 aliphatic rings. The summed E-state index contributed by atoms with van der Waals surface area (Å²) < 4.78 is 0. The average Bonchev–Trinajstić information content (AvgIpc) is 2.74. The van der Waals surface area contributed by atoms with Gasteiger partial charge in [-0.2, -0.15) is 5.26 Å². The smallest absolute Gasteiger partial charge is 0.167 e. The lowest BCUT2D eigenvalue weighted by Gasteiger charge is -2.05. The van der Waals surface area contributed by atoms with Gasteiger partial charge in [0.25, 0.3) is 0 Å². The number of benzene rings is 1. The van der Waals surface area contributed by atoms with Crippen molar-refractivity contribution in [1.82, 2.24) is 4.98 Å². The number of rotatable bonds is 3. The molecule has 0 atom stereocenters. The van der Waals surface area contributed by atoms with Gasteiger partial charge in [-0.25, -0.2) is 0 Å². The monoisotopic (exact) mass is 240 g/mol. The summed E-state index contributed by atoms with van der Waals surface area (Å²) in [6, 6.07) is 7.53. The van der Waals surface area contributed by atoms with Crippen molar-refractivity contribution in [2.24, 2.45) is 5.92 Å². The predicted octanol–water partition coefficient (Wildman–Crippen LogP) is 3.44. The lowest BCUT2D eigenvalue weighted by molar-refractivity contribution is 0.0940. The van der Waals surface area contributed by atoms with Crippen LogP contribution in [0.5, 0.6) is 0 Å². The number of carbonyl (C=O) groups excluding carboxylic acids is 1. The van der Waals surface area contributed by atoms with Gasteiger partial charge in [0.2, 0.25) is 0 Å². The normalized spacial score (nSPS) is 10.8. The highest BCUT2D eigenvalue weighted by atomic mass is 16.1. The van der Waals surface area contributed by atoms with E-state index in [0.29, 0.717) is 5.56 Å². The Morgan fingerprint density at radius 2 is 2.17 bits per heavy atom. The fourth-order valence-corrected chi connectivity index (χ4v) is 2.16. The van der Waals surface area contributed by atoms with Crippen LogP contribution in [0.4, 0.5) is 0 Å². The minimum atomic E-state index is -0.0232. The Bertz CT molecular complexity index is 644. The molecular formula is C15H16N2O. The Labute approximate surface area is 106 Å². The predicted molar refractivity (Wildman–Crippen MR) is 71.6 cm³/mol. The molecule has 1 aromatic heterocycles. The highest BCUT2D eigenvalue weighted by Gasteiger charge is 2.19. The van der Waals surface area contributed by atoms with E-state index in [1.807, 2.05) is 26.8 Å². The van der Waals surface area contributed by atoms with Gasteiger partial charge in [-0.1, -0.05) is 26.8 Å². The number of H-pyrrole nitrogens is 1. The molecule has 92 valence electrons. The molecule has 1 N–H and O–H groups in total. The van der Waals surface area contributed by atoms with Crippen LogP contribution in [0.25, 0.3) is 10.9 Å². The molecule has 2 aromatic rings. The summed E-state index contributed by atoms with van der Waals surface area (Å²) in [6.07, 6.45) is 0.782. The van der Waals surface area contributed by atoms with Crippen molar-refractivity contribution in [2.75, 3.05) is 0 Å². The number of aromatic nitrogens is 1. The molecule has 0 fully saturated rings. The van der Waals surface area contributed by atoms with Gasteiger partial charge in [-0.3, -0.25) is 4.79 Å². The molecule has 0 spiro atoms. The van der Waals surface area contributed by atoms with Crippen LogP contribution < -0.4 is 0 Å². The number of aryl methyl sites for hydroxylation is 1. The highest BCUT2D eigenvalue weighted by molar-refractivity contribution is 6.10. The van der Waals surface area contributed by atoms with E-state index < -0.39 is 0 Å². The zero-order chi connectivity index (χ0) is 13.3. The van der Waals surface area contributed by atoms with Gasteiger partial charge in [-0.05, 0) is 18.6 Å². The van der Waals surface area contributed by atoms with Crippen LogP contribution in [0.1, 0.15) is 42.4 Å². The summed E-state index contributed by atoms with van der Waals surface area (Å²) in [5.41, 5.74) is 3.22. The van der Waals surface area contributed by atoms with Crippen molar-refractivity contribution in [1.29, 1.82) is 5.26 Å². The molecule has 2 rings (SSSR count). The SMILES string of the molecule is CCc1[nH]c2cc(C#N)ccc2c1C(=O)C(C)C. The molecule has 0 amide bonds. The quantitative estimate of drug-likeness (QED) is 0.835. The molecular weight excluding hydrogens is 224 g/mol. The molecule has 1 aromatic carbocycles. The van der Waals surface area contributed by atoms with Gasteiger partial charge in [0.15, 0.2) is 5.78 Å². The number of Topliss-reactive ketones (excluding diaryl/α,β-unsaturated/α-hetero) is 1. The first kappa shape index (κ1) is 12.4. The van der Waals surface area contributed by atoms with Crippen LogP contribution >= 0.6 is 0 Å². The Hall–Kier alpha value is -2.08. The Morgan fingerprint density at radius 3 is 2.72 bits per heavy atom. The topological polar surface area (TPSA) is 56.6 Å². The second-order valence-corrected chi connectivity index (χ2v) is 4.72. The van der Waals surface area contributed by atoms with E-state index in [4.69, 9.17) is 5.26 Å². The van der Waals surface area contributed by atoms with Gasteiger partial charge in [0.05, 0.1) is 11.6 Å². The van der Waals surface area contributed by atoms with Crippen LogP contribution in [-0.2, 0) is 6.42 Å². The zero-order valence-electron chi connectivity index (χ0n) is 10.9. The number of hydrogen-bond acceptors (Lipinski definition) is 2. The minimum Gasteiger partial charge on any atom is -0.358 e. The third-order valence-electron chi connectivity index (χ3n) is 3.13. The molecule has 1 heterocycles. The molecule has 0 unspecified atom stereocenters. The summed E-state index contributed by atoms with van der Waals surface area (Å²) >= 11 is 0. The Kier molecular flexibility index (Phi) is 3.20. The highest BCUT2D eigenvalue weighted by Crippen LogP contribution is 2.26. The Morgan fingerprint density at radius 1 is 1.44 bits per heavy atom. The van der Waals surface area contributed by atoms with Crippen LogP contribution in [0.2, 0.25) is 0 Å². The molecule has 0 radical (unpaired) electrons. The number of fused-ring (bicyclic) bond motifs is 1. The van der Waals surface area contributed by atoms with Crippen molar-refractivity contribution in [3.63, 3.8) is 0 Å². The number of nitrogens with one attached hydrogen (secondary N) is 1. The number of nitrogens with zero attached hydrogens (tertiary/aromatic N) is 1. The standard InChI is InChI=1S/C15H16N2O/c1-4-12-14(15(18)9(2)3)11-6-5-10(8-16)7-13(11)17-12/h5-7,9,17H,4H2,1-3H3. The van der Waals surface area contributed by atoms with Crippen LogP contribution in [0.3, 0.4) is 0 Å². The van der Waals surface area contributed by atoms with Crippen molar-refractivity contribution >= 4 is 16.7 Å². The van der Waals surface area contributed by atoms with Crippen LogP contribution in [0.15, 0.2) is 18.2 Å². The summed E-state index contributed by atoms with van der Waals surface area (Å²) in [5.74, 6) is 0.132. The molecule has 3 nitrogen and oxygen atoms in total. The fraction of sp³-hybridized carbons (Fsp3) is 0.333. The van der Waals surface area contributed by atoms with E-state index in [1.54, 1.807) is 12.1 Å². The number of ketones is 1. The number of carbonyl (C=O) groups is 1. The maximum Gasteiger partial charge on any atom is 0.167 e. The maximum absolute atomic E-state index is 12.3. The summed E-state index contributed by atoms with van der Waals surface area (Å²) in [6.45, 7) is 5.83.